The molecule has 1 unspecified atom stereocenters. The lowest BCUT2D eigenvalue weighted by molar-refractivity contribution is -0.137. The van der Waals surface area contributed by atoms with Gasteiger partial charge < -0.3 is 23.5 Å². The highest BCUT2D eigenvalue weighted by Crippen LogP contribution is 2.43. The second-order valence-corrected chi connectivity index (χ2v) is 16.6. The molecular weight excluding hydrogens is 501 g/mol. The molecule has 0 saturated carbocycles. The number of benzene rings is 2. The Morgan fingerprint density at radius 3 is 2.11 bits per heavy atom. The number of nitrogens with zero attached hydrogens (tertiary/aromatic N) is 1. The number of carbonyl (C=O) groups excluding carboxylic acids is 1. The first kappa shape index (κ1) is 30.0. The van der Waals surface area contributed by atoms with E-state index >= 15 is 0 Å². The molecule has 0 N–H and O–H groups in total. The minimum atomic E-state index is -1.86. The molecular formula is C30H44FNO5Si. The average Bonchev–Trinajstić information content (AvgIpc) is 3.16. The number of hydrogen-bond donors (Lipinski definition) is 0. The van der Waals surface area contributed by atoms with Crippen LogP contribution in [-0.2, 0) is 22.2 Å². The molecule has 1 heterocycles. The van der Waals surface area contributed by atoms with Gasteiger partial charge in [-0.3, -0.25) is 4.79 Å². The molecule has 1 fully saturated rings. The van der Waals surface area contributed by atoms with Crippen molar-refractivity contribution >= 4 is 14.2 Å². The van der Waals surface area contributed by atoms with E-state index in [0.717, 1.165) is 30.4 Å². The summed E-state index contributed by atoms with van der Waals surface area (Å²) in [5.41, 5.74) is 1.33. The fourth-order valence-corrected chi connectivity index (χ4v) is 6.01. The van der Waals surface area contributed by atoms with Gasteiger partial charge in [-0.2, -0.15) is 0 Å². The van der Waals surface area contributed by atoms with E-state index < -0.39 is 13.7 Å². The molecule has 210 valence electrons. The number of halogens is 1. The highest BCUT2D eigenvalue weighted by atomic mass is 28.4. The zero-order valence-electron chi connectivity index (χ0n) is 24.3. The lowest BCUT2D eigenvalue weighted by Crippen LogP contribution is -2.41. The van der Waals surface area contributed by atoms with Crippen molar-refractivity contribution in [2.24, 2.45) is 5.41 Å². The summed E-state index contributed by atoms with van der Waals surface area (Å²) in [4.78, 5) is 15.9. The number of methoxy groups -OCH3 is 3. The maximum Gasteiger partial charge on any atom is 0.229 e. The lowest BCUT2D eigenvalue weighted by atomic mass is 9.76. The van der Waals surface area contributed by atoms with Crippen molar-refractivity contribution in [3.8, 4) is 17.2 Å². The minimum absolute atomic E-state index is 0.128. The molecule has 1 aliphatic heterocycles. The van der Waals surface area contributed by atoms with Crippen LogP contribution in [0.3, 0.4) is 0 Å². The lowest BCUT2D eigenvalue weighted by Gasteiger charge is -2.36. The standard InChI is InChI=1S/C30H44FNO5Si/c1-29(2,3)38(7,8)37-17-9-14-30(20-22-10-12-24(31)13-11-22)15-16-32(28(30)33)21-23-18-25(34-4)27(36-6)26(19-23)35-5/h10-13,18-19H,9,14-17,20-21H2,1-8H3. The van der Waals surface area contributed by atoms with Gasteiger partial charge in [0.2, 0.25) is 11.7 Å². The first-order chi connectivity index (χ1) is 17.9. The molecule has 1 amide bonds. The van der Waals surface area contributed by atoms with Gasteiger partial charge in [0.05, 0.1) is 26.7 Å². The third kappa shape index (κ3) is 6.70. The van der Waals surface area contributed by atoms with E-state index in [1.807, 2.05) is 17.0 Å². The van der Waals surface area contributed by atoms with E-state index in [2.05, 4.69) is 33.9 Å². The minimum Gasteiger partial charge on any atom is -0.493 e. The van der Waals surface area contributed by atoms with Crippen molar-refractivity contribution in [3.63, 3.8) is 0 Å². The highest BCUT2D eigenvalue weighted by Gasteiger charge is 2.46. The number of ether oxygens (including phenoxy) is 3. The van der Waals surface area contributed by atoms with Gasteiger partial charge in [0.1, 0.15) is 5.82 Å². The monoisotopic (exact) mass is 545 g/mol. The van der Waals surface area contributed by atoms with Crippen molar-refractivity contribution in [1.82, 2.24) is 4.90 Å². The third-order valence-corrected chi connectivity index (χ3v) is 12.8. The molecule has 8 heteroatoms. The number of amides is 1. The Kier molecular flexibility index (Phi) is 9.52. The summed E-state index contributed by atoms with van der Waals surface area (Å²) in [7, 11) is 2.88. The second-order valence-electron chi connectivity index (χ2n) is 11.8. The Hall–Kier alpha value is -2.58. The van der Waals surface area contributed by atoms with Gasteiger partial charge in [0, 0.05) is 19.7 Å². The summed E-state index contributed by atoms with van der Waals surface area (Å²) in [6, 6.07) is 10.3. The van der Waals surface area contributed by atoms with E-state index in [0.29, 0.717) is 43.4 Å². The zero-order chi connectivity index (χ0) is 28.1. The maximum absolute atomic E-state index is 14.0. The first-order valence-corrected chi connectivity index (χ1v) is 16.2. The topological polar surface area (TPSA) is 57.2 Å². The molecule has 2 aromatic rings. The van der Waals surface area contributed by atoms with Crippen LogP contribution in [0.5, 0.6) is 17.2 Å². The van der Waals surface area contributed by atoms with Gasteiger partial charge in [-0.15, -0.1) is 0 Å². The van der Waals surface area contributed by atoms with Crippen molar-refractivity contribution in [3.05, 3.63) is 53.3 Å². The first-order valence-electron chi connectivity index (χ1n) is 13.3. The molecule has 38 heavy (non-hydrogen) atoms. The fourth-order valence-electron chi connectivity index (χ4n) is 4.92. The van der Waals surface area contributed by atoms with Crippen LogP contribution in [0.25, 0.3) is 0 Å². The van der Waals surface area contributed by atoms with Crippen LogP contribution in [0, 0.1) is 11.2 Å². The largest absolute Gasteiger partial charge is 0.493 e. The molecule has 3 rings (SSSR count). The molecule has 2 aromatic carbocycles. The molecule has 1 aliphatic rings. The van der Waals surface area contributed by atoms with Gasteiger partial charge in [0.25, 0.3) is 0 Å². The van der Waals surface area contributed by atoms with Gasteiger partial charge in [-0.05, 0) is 79.2 Å². The van der Waals surface area contributed by atoms with Crippen LogP contribution < -0.4 is 14.2 Å². The average molecular weight is 546 g/mol. The van der Waals surface area contributed by atoms with Crippen molar-refractivity contribution in [2.45, 2.75) is 71.1 Å². The summed E-state index contributed by atoms with van der Waals surface area (Å²) in [6.45, 7) is 12.9. The Bertz CT molecular complexity index is 1070. The van der Waals surface area contributed by atoms with Crippen LogP contribution in [0.4, 0.5) is 4.39 Å². The van der Waals surface area contributed by atoms with E-state index in [4.69, 9.17) is 18.6 Å². The molecule has 0 radical (unpaired) electrons. The van der Waals surface area contributed by atoms with Crippen LogP contribution in [0.2, 0.25) is 18.1 Å². The zero-order valence-corrected chi connectivity index (χ0v) is 25.3. The Labute approximate surface area is 228 Å². The normalized spacial score (nSPS) is 18.1. The number of rotatable bonds is 12. The summed E-state index contributed by atoms with van der Waals surface area (Å²) in [6.07, 6.45) is 2.85. The van der Waals surface area contributed by atoms with Crippen LogP contribution >= 0.6 is 0 Å². The predicted molar refractivity (Wildman–Crippen MR) is 151 cm³/mol. The van der Waals surface area contributed by atoms with Crippen molar-refractivity contribution in [2.75, 3.05) is 34.5 Å². The van der Waals surface area contributed by atoms with Crippen LogP contribution in [0.15, 0.2) is 36.4 Å². The van der Waals surface area contributed by atoms with E-state index in [9.17, 15) is 9.18 Å². The number of hydrogen-bond acceptors (Lipinski definition) is 5. The van der Waals surface area contributed by atoms with Crippen LogP contribution in [-0.4, -0.2) is 53.6 Å². The van der Waals surface area contributed by atoms with Crippen molar-refractivity contribution < 1.29 is 27.8 Å². The van der Waals surface area contributed by atoms with Gasteiger partial charge in [-0.25, -0.2) is 4.39 Å². The summed E-state index contributed by atoms with van der Waals surface area (Å²) < 4.78 is 36.5. The molecule has 6 nitrogen and oxygen atoms in total. The summed E-state index contributed by atoms with van der Waals surface area (Å²) in [5.74, 6) is 1.51. The number of carbonyl (C=O) groups is 1. The molecule has 1 saturated heterocycles. The SMILES string of the molecule is COc1cc(CN2CCC(CCCO[Si](C)(C)C(C)(C)C)(Cc3ccc(F)cc3)C2=O)cc(OC)c1OC. The van der Waals surface area contributed by atoms with Crippen LogP contribution in [0.1, 0.15) is 51.2 Å². The van der Waals surface area contributed by atoms with E-state index in [1.54, 1.807) is 33.5 Å². The highest BCUT2D eigenvalue weighted by molar-refractivity contribution is 6.74. The van der Waals surface area contributed by atoms with E-state index in [1.165, 1.54) is 12.1 Å². The van der Waals surface area contributed by atoms with E-state index in [-0.39, 0.29) is 16.8 Å². The molecule has 1 atom stereocenters. The maximum atomic E-state index is 14.0. The third-order valence-electron chi connectivity index (χ3n) is 8.22. The Balaban J connectivity index is 1.80. The predicted octanol–water partition coefficient (Wildman–Crippen LogP) is 6.61. The molecule has 0 aromatic heterocycles. The summed E-state index contributed by atoms with van der Waals surface area (Å²) in [5, 5.41) is 0.138. The molecule has 0 aliphatic carbocycles. The number of likely N-dealkylation sites (tertiary alicyclic amines) is 1. The fraction of sp³-hybridized carbons (Fsp3) is 0.567. The Morgan fingerprint density at radius 1 is 0.974 bits per heavy atom. The van der Waals surface area contributed by atoms with Gasteiger partial charge in [0.15, 0.2) is 19.8 Å². The Morgan fingerprint density at radius 2 is 1.58 bits per heavy atom. The molecule has 0 spiro atoms. The van der Waals surface area contributed by atoms with Gasteiger partial charge in [-0.1, -0.05) is 32.9 Å². The second kappa shape index (κ2) is 12.1. The van der Waals surface area contributed by atoms with Gasteiger partial charge >= 0.3 is 0 Å². The van der Waals surface area contributed by atoms with Crippen molar-refractivity contribution in [1.29, 1.82) is 0 Å². The smallest absolute Gasteiger partial charge is 0.229 e. The summed E-state index contributed by atoms with van der Waals surface area (Å²) >= 11 is 0. The molecule has 0 bridgehead atoms. The quantitative estimate of drug-likeness (QED) is 0.222.